The number of hydrogen-bond acceptors (Lipinski definition) is 3. The largest absolute Gasteiger partial charge is 0.497 e. The summed E-state index contributed by atoms with van der Waals surface area (Å²) in [5.74, 6) is 0.875. The van der Waals surface area contributed by atoms with E-state index in [4.69, 9.17) is 10.00 Å². The van der Waals surface area contributed by atoms with Gasteiger partial charge in [-0.05, 0) is 41.5 Å². The number of fused-ring (bicyclic) bond motifs is 1. The van der Waals surface area contributed by atoms with Gasteiger partial charge in [0.1, 0.15) is 5.75 Å². The molecular formula is C16H18N2O. The molecule has 1 N–H and O–H groups in total. The highest BCUT2D eigenvalue weighted by atomic mass is 16.5. The van der Waals surface area contributed by atoms with Gasteiger partial charge in [0, 0.05) is 19.0 Å². The molecule has 1 unspecified atom stereocenters. The van der Waals surface area contributed by atoms with Crippen molar-refractivity contribution in [2.24, 2.45) is 0 Å². The van der Waals surface area contributed by atoms with E-state index in [0.29, 0.717) is 6.42 Å². The summed E-state index contributed by atoms with van der Waals surface area (Å²) >= 11 is 0. The molecular weight excluding hydrogens is 236 g/mol. The van der Waals surface area contributed by atoms with Gasteiger partial charge in [0.05, 0.1) is 13.2 Å². The maximum atomic E-state index is 8.54. The van der Waals surface area contributed by atoms with Crippen molar-refractivity contribution >= 4 is 10.8 Å². The molecule has 1 atom stereocenters. The van der Waals surface area contributed by atoms with Crippen LogP contribution in [0.3, 0.4) is 0 Å². The number of nitrogens with one attached hydrogen (secondary N) is 1. The Hall–Kier alpha value is -2.05. The topological polar surface area (TPSA) is 45.0 Å². The highest BCUT2D eigenvalue weighted by Gasteiger charge is 2.05. The van der Waals surface area contributed by atoms with Gasteiger partial charge in [-0.15, -0.1) is 0 Å². The van der Waals surface area contributed by atoms with E-state index in [-0.39, 0.29) is 6.04 Å². The van der Waals surface area contributed by atoms with Crippen LogP contribution in [-0.4, -0.2) is 13.7 Å². The third kappa shape index (κ3) is 3.24. The predicted octanol–water partition coefficient (Wildman–Crippen LogP) is 3.41. The van der Waals surface area contributed by atoms with Crippen molar-refractivity contribution in [3.8, 4) is 11.8 Å². The van der Waals surface area contributed by atoms with Gasteiger partial charge in [-0.25, -0.2) is 0 Å². The molecule has 2 aromatic carbocycles. The van der Waals surface area contributed by atoms with E-state index in [1.54, 1.807) is 7.11 Å². The number of methoxy groups -OCH3 is 1. The van der Waals surface area contributed by atoms with Crippen molar-refractivity contribution in [3.05, 3.63) is 42.0 Å². The monoisotopic (exact) mass is 254 g/mol. The second kappa shape index (κ2) is 6.21. The van der Waals surface area contributed by atoms with Crippen LogP contribution < -0.4 is 10.1 Å². The second-order valence-corrected chi connectivity index (χ2v) is 4.56. The molecule has 0 amide bonds. The molecule has 0 heterocycles. The molecule has 0 bridgehead atoms. The predicted molar refractivity (Wildman–Crippen MR) is 77.1 cm³/mol. The fourth-order valence-electron chi connectivity index (χ4n) is 2.10. The van der Waals surface area contributed by atoms with Crippen LogP contribution in [0.4, 0.5) is 0 Å². The molecule has 2 aromatic rings. The summed E-state index contributed by atoms with van der Waals surface area (Å²) in [5, 5.41) is 14.3. The first-order valence-electron chi connectivity index (χ1n) is 6.42. The molecule has 0 aliphatic heterocycles. The van der Waals surface area contributed by atoms with E-state index < -0.39 is 0 Å². The summed E-state index contributed by atoms with van der Waals surface area (Å²) in [5.41, 5.74) is 1.23. The molecule has 0 spiro atoms. The van der Waals surface area contributed by atoms with E-state index in [0.717, 1.165) is 12.3 Å². The first-order valence-corrected chi connectivity index (χ1v) is 6.42. The molecule has 0 saturated carbocycles. The van der Waals surface area contributed by atoms with Gasteiger partial charge in [0.15, 0.2) is 0 Å². The Kier molecular flexibility index (Phi) is 4.38. The minimum atomic E-state index is 0.250. The van der Waals surface area contributed by atoms with Crippen LogP contribution in [0.2, 0.25) is 0 Å². The van der Waals surface area contributed by atoms with Gasteiger partial charge < -0.3 is 10.1 Å². The van der Waals surface area contributed by atoms with Crippen molar-refractivity contribution in [2.75, 3.05) is 13.7 Å². The Balaban J connectivity index is 2.19. The van der Waals surface area contributed by atoms with Gasteiger partial charge in [-0.2, -0.15) is 5.26 Å². The molecule has 0 aromatic heterocycles. The van der Waals surface area contributed by atoms with Crippen molar-refractivity contribution in [2.45, 2.75) is 19.4 Å². The molecule has 3 nitrogen and oxygen atoms in total. The summed E-state index contributed by atoms with van der Waals surface area (Å²) < 4.78 is 5.22. The molecule has 98 valence electrons. The fourth-order valence-corrected chi connectivity index (χ4v) is 2.10. The lowest BCUT2D eigenvalue weighted by atomic mass is 10.0. The number of nitriles is 1. The molecule has 0 fully saturated rings. The smallest absolute Gasteiger partial charge is 0.119 e. The summed E-state index contributed by atoms with van der Waals surface area (Å²) in [4.78, 5) is 0. The minimum Gasteiger partial charge on any atom is -0.497 e. The summed E-state index contributed by atoms with van der Waals surface area (Å²) in [6, 6.07) is 14.9. The third-order valence-corrected chi connectivity index (χ3v) is 3.26. The molecule has 3 heteroatoms. The van der Waals surface area contributed by atoms with Crippen LogP contribution in [-0.2, 0) is 0 Å². The normalized spacial score (nSPS) is 12.1. The Labute approximate surface area is 113 Å². The number of hydrogen-bond donors (Lipinski definition) is 1. The Morgan fingerprint density at radius 3 is 2.68 bits per heavy atom. The second-order valence-electron chi connectivity index (χ2n) is 4.56. The van der Waals surface area contributed by atoms with Crippen LogP contribution >= 0.6 is 0 Å². The summed E-state index contributed by atoms with van der Waals surface area (Å²) in [6.07, 6.45) is 0.537. The average Bonchev–Trinajstić information content (AvgIpc) is 2.46. The van der Waals surface area contributed by atoms with Gasteiger partial charge in [0.2, 0.25) is 0 Å². The van der Waals surface area contributed by atoms with Gasteiger partial charge >= 0.3 is 0 Å². The molecule has 0 aliphatic rings. The maximum Gasteiger partial charge on any atom is 0.119 e. The highest BCUT2D eigenvalue weighted by Crippen LogP contribution is 2.24. The van der Waals surface area contributed by atoms with Crippen LogP contribution in [0.1, 0.15) is 24.9 Å². The highest BCUT2D eigenvalue weighted by molar-refractivity contribution is 5.84. The number of rotatable bonds is 5. The molecule has 0 saturated heterocycles. The molecule has 19 heavy (non-hydrogen) atoms. The van der Waals surface area contributed by atoms with E-state index >= 15 is 0 Å². The van der Waals surface area contributed by atoms with Crippen LogP contribution in [0, 0.1) is 11.3 Å². The molecule has 2 rings (SSSR count). The van der Waals surface area contributed by atoms with Crippen molar-refractivity contribution in [3.63, 3.8) is 0 Å². The summed E-state index contributed by atoms with van der Waals surface area (Å²) in [6.45, 7) is 2.83. The van der Waals surface area contributed by atoms with Gasteiger partial charge in [-0.3, -0.25) is 0 Å². The van der Waals surface area contributed by atoms with E-state index in [9.17, 15) is 0 Å². The van der Waals surface area contributed by atoms with E-state index in [1.807, 2.05) is 12.1 Å². The first kappa shape index (κ1) is 13.4. The molecule has 0 aliphatic carbocycles. The van der Waals surface area contributed by atoms with E-state index in [2.05, 4.69) is 42.6 Å². The zero-order chi connectivity index (χ0) is 13.7. The third-order valence-electron chi connectivity index (χ3n) is 3.26. The Morgan fingerprint density at radius 1 is 1.21 bits per heavy atom. The lowest BCUT2D eigenvalue weighted by Gasteiger charge is -2.14. The molecule has 0 radical (unpaired) electrons. The first-order chi connectivity index (χ1) is 9.24. The van der Waals surface area contributed by atoms with Gasteiger partial charge in [-0.1, -0.05) is 18.2 Å². The quantitative estimate of drug-likeness (QED) is 0.832. The Morgan fingerprint density at radius 2 is 1.95 bits per heavy atom. The Bertz CT molecular complexity index is 601. The average molecular weight is 254 g/mol. The zero-order valence-corrected chi connectivity index (χ0v) is 11.3. The number of benzene rings is 2. The minimum absolute atomic E-state index is 0.250. The van der Waals surface area contributed by atoms with Crippen molar-refractivity contribution in [1.29, 1.82) is 5.26 Å². The SMILES string of the molecule is COc1ccc2cc(C(C)NCCC#N)ccc2c1. The van der Waals surface area contributed by atoms with E-state index in [1.165, 1.54) is 16.3 Å². The standard InChI is InChI=1S/C16H18N2O/c1-12(18-9-3-8-17)13-4-5-15-11-16(19-2)7-6-14(15)10-13/h4-7,10-12,18H,3,9H2,1-2H3. The van der Waals surface area contributed by atoms with Crippen LogP contribution in [0.15, 0.2) is 36.4 Å². The van der Waals surface area contributed by atoms with Crippen LogP contribution in [0.5, 0.6) is 5.75 Å². The van der Waals surface area contributed by atoms with Crippen molar-refractivity contribution < 1.29 is 4.74 Å². The number of nitrogens with zero attached hydrogens (tertiary/aromatic N) is 1. The maximum absolute atomic E-state index is 8.54. The van der Waals surface area contributed by atoms with Crippen LogP contribution in [0.25, 0.3) is 10.8 Å². The number of ether oxygens (including phenoxy) is 1. The summed E-state index contributed by atoms with van der Waals surface area (Å²) in [7, 11) is 1.68. The van der Waals surface area contributed by atoms with Crippen molar-refractivity contribution in [1.82, 2.24) is 5.32 Å². The lowest BCUT2D eigenvalue weighted by Crippen LogP contribution is -2.19. The van der Waals surface area contributed by atoms with Gasteiger partial charge in [0.25, 0.3) is 0 Å². The zero-order valence-electron chi connectivity index (χ0n) is 11.3. The fraction of sp³-hybridized carbons (Fsp3) is 0.312. The lowest BCUT2D eigenvalue weighted by molar-refractivity contribution is 0.415.